The lowest BCUT2D eigenvalue weighted by Crippen LogP contribution is -2.48. The number of rotatable bonds is 7. The average Bonchev–Trinajstić information content (AvgIpc) is 3.65. The molecule has 4 fully saturated rings. The molecule has 8 aromatic carbocycles. The Balaban J connectivity index is 0.983. The lowest BCUT2D eigenvalue weighted by atomic mass is 9.48. The quantitative estimate of drug-likeness (QED) is 0.161. The SMILES string of the molecule is c1ccc(-c2cccc3cccc(-c4ccccc4N(c4ccc(-c5ccc(C67CC8CC(CC(C8)C6)C7)cc5)cc4)c4ccc5oc6ccccc6c5c4)c23)cc1. The summed E-state index contributed by atoms with van der Waals surface area (Å²) in [6.07, 6.45) is 8.64. The van der Waals surface area contributed by atoms with E-state index in [9.17, 15) is 0 Å². The van der Waals surface area contributed by atoms with Gasteiger partial charge in [0.05, 0.1) is 5.69 Å². The van der Waals surface area contributed by atoms with Crippen LogP contribution in [-0.2, 0) is 5.41 Å². The van der Waals surface area contributed by atoms with Gasteiger partial charge in [0.25, 0.3) is 0 Å². The van der Waals surface area contributed by atoms with Crippen molar-refractivity contribution in [3.63, 3.8) is 0 Å². The maximum absolute atomic E-state index is 6.32. The van der Waals surface area contributed by atoms with Crippen molar-refractivity contribution < 1.29 is 4.42 Å². The van der Waals surface area contributed by atoms with Crippen LogP contribution in [0.2, 0.25) is 0 Å². The van der Waals surface area contributed by atoms with Crippen LogP contribution >= 0.6 is 0 Å². The predicted octanol–water partition coefficient (Wildman–Crippen LogP) is 15.7. The Morgan fingerprint density at radius 2 is 1.02 bits per heavy atom. The minimum atomic E-state index is 0.415. The van der Waals surface area contributed by atoms with E-state index in [1.165, 1.54) is 82.7 Å². The largest absolute Gasteiger partial charge is 0.456 e. The third-order valence-corrected chi connectivity index (χ3v) is 14.0. The standard InChI is InChI=1S/C56H45NO/c1-2-10-42(11-3-1)47-16-8-12-43-13-9-17-50(55(43)47)48-14-4-6-18-52(48)57(46-28-29-54-51(33-46)49-15-5-7-19-53(49)58-54)45-26-22-41(23-27-45)40-20-24-44(25-21-40)56-34-37-30-38(35-56)32-39(31-37)36-56/h1-29,33,37-39H,30-32,34-36H2. The molecule has 4 bridgehead atoms. The third kappa shape index (κ3) is 5.53. The molecule has 0 amide bonds. The van der Waals surface area contributed by atoms with Crippen LogP contribution in [0.3, 0.4) is 0 Å². The van der Waals surface area contributed by atoms with Crippen LogP contribution in [0.1, 0.15) is 44.1 Å². The molecule has 0 aliphatic heterocycles. The van der Waals surface area contributed by atoms with Crippen molar-refractivity contribution in [2.75, 3.05) is 4.90 Å². The minimum Gasteiger partial charge on any atom is -0.456 e. The fraction of sp³-hybridized carbons (Fsp3) is 0.179. The van der Waals surface area contributed by atoms with Crippen LogP contribution in [0, 0.1) is 17.8 Å². The second kappa shape index (κ2) is 13.4. The minimum absolute atomic E-state index is 0.415. The molecule has 0 saturated heterocycles. The zero-order chi connectivity index (χ0) is 38.2. The molecule has 4 saturated carbocycles. The summed E-state index contributed by atoms with van der Waals surface area (Å²) in [6.45, 7) is 0. The molecule has 1 heterocycles. The summed E-state index contributed by atoms with van der Waals surface area (Å²) in [5, 5.41) is 4.72. The Morgan fingerprint density at radius 3 is 1.76 bits per heavy atom. The summed E-state index contributed by atoms with van der Waals surface area (Å²) < 4.78 is 6.32. The van der Waals surface area contributed by atoms with Crippen molar-refractivity contribution in [1.29, 1.82) is 0 Å². The summed E-state index contributed by atoms with van der Waals surface area (Å²) >= 11 is 0. The highest BCUT2D eigenvalue weighted by Crippen LogP contribution is 2.61. The Bertz CT molecular complexity index is 2930. The monoisotopic (exact) mass is 747 g/mol. The number of furan rings is 1. The number of anilines is 3. The fourth-order valence-electron chi connectivity index (χ4n) is 11.9. The molecular formula is C56H45NO. The Kier molecular flexibility index (Phi) is 7.76. The Labute approximate surface area is 340 Å². The molecule has 4 aliphatic carbocycles. The van der Waals surface area contributed by atoms with Crippen molar-refractivity contribution >= 4 is 49.8 Å². The summed E-state index contributed by atoms with van der Waals surface area (Å²) in [5.41, 5.74) is 14.5. The van der Waals surface area contributed by atoms with Gasteiger partial charge < -0.3 is 9.32 Å². The van der Waals surface area contributed by atoms with Crippen molar-refractivity contribution in [2.45, 2.75) is 43.9 Å². The van der Waals surface area contributed by atoms with E-state index in [4.69, 9.17) is 4.42 Å². The molecule has 0 N–H and O–H groups in total. The number of nitrogens with zero attached hydrogens (tertiary/aromatic N) is 1. The van der Waals surface area contributed by atoms with Crippen molar-refractivity contribution in [3.8, 4) is 33.4 Å². The number of para-hydroxylation sites is 2. The molecule has 2 nitrogen and oxygen atoms in total. The number of hydrogen-bond acceptors (Lipinski definition) is 2. The molecule has 0 spiro atoms. The van der Waals surface area contributed by atoms with E-state index < -0.39 is 0 Å². The van der Waals surface area contributed by atoms with Crippen LogP contribution in [0.5, 0.6) is 0 Å². The normalized spacial score (nSPS) is 20.9. The van der Waals surface area contributed by atoms with Gasteiger partial charge in [0.15, 0.2) is 0 Å². The van der Waals surface area contributed by atoms with Crippen molar-refractivity contribution in [1.82, 2.24) is 0 Å². The molecule has 0 unspecified atom stereocenters. The Hall–Kier alpha value is -6.38. The summed E-state index contributed by atoms with van der Waals surface area (Å²) in [6, 6.07) is 67.0. The molecular weight excluding hydrogens is 703 g/mol. The van der Waals surface area contributed by atoms with Gasteiger partial charge in [-0.25, -0.2) is 0 Å². The molecule has 2 heteroatoms. The van der Waals surface area contributed by atoms with Crippen LogP contribution in [0.25, 0.3) is 66.1 Å². The predicted molar refractivity (Wildman–Crippen MR) is 242 cm³/mol. The van der Waals surface area contributed by atoms with Gasteiger partial charge in [-0.3, -0.25) is 0 Å². The maximum Gasteiger partial charge on any atom is 0.135 e. The van der Waals surface area contributed by atoms with Gasteiger partial charge in [-0.05, 0) is 148 Å². The molecule has 1 aromatic heterocycles. The molecule has 4 aliphatic rings. The van der Waals surface area contributed by atoms with Crippen molar-refractivity contribution in [3.05, 3.63) is 188 Å². The van der Waals surface area contributed by atoms with Gasteiger partial charge >= 0.3 is 0 Å². The zero-order valence-electron chi connectivity index (χ0n) is 32.7. The highest BCUT2D eigenvalue weighted by molar-refractivity contribution is 6.10. The van der Waals surface area contributed by atoms with Crippen LogP contribution in [0.15, 0.2) is 186 Å². The van der Waals surface area contributed by atoms with Crippen LogP contribution in [-0.4, -0.2) is 0 Å². The second-order valence-electron chi connectivity index (χ2n) is 17.5. The lowest BCUT2D eigenvalue weighted by molar-refractivity contribution is -0.00518. The fourth-order valence-corrected chi connectivity index (χ4v) is 11.9. The van der Waals surface area contributed by atoms with E-state index in [0.29, 0.717) is 5.41 Å². The summed E-state index contributed by atoms with van der Waals surface area (Å²) in [4.78, 5) is 2.43. The number of benzene rings is 8. The first-order valence-corrected chi connectivity index (χ1v) is 21.2. The topological polar surface area (TPSA) is 16.4 Å². The van der Waals surface area contributed by atoms with E-state index in [2.05, 4.69) is 181 Å². The van der Waals surface area contributed by atoms with Crippen molar-refractivity contribution in [2.24, 2.45) is 17.8 Å². The van der Waals surface area contributed by atoms with Gasteiger partial charge in [-0.2, -0.15) is 0 Å². The van der Waals surface area contributed by atoms with E-state index >= 15 is 0 Å². The molecule has 13 rings (SSSR count). The molecule has 0 atom stereocenters. The molecule has 58 heavy (non-hydrogen) atoms. The van der Waals surface area contributed by atoms with E-state index in [1.54, 1.807) is 5.56 Å². The van der Waals surface area contributed by atoms with Crippen LogP contribution in [0.4, 0.5) is 17.1 Å². The number of fused-ring (bicyclic) bond motifs is 4. The van der Waals surface area contributed by atoms with E-state index in [0.717, 1.165) is 56.8 Å². The maximum atomic E-state index is 6.32. The number of hydrogen-bond donors (Lipinski definition) is 0. The first-order chi connectivity index (χ1) is 28.7. The highest BCUT2D eigenvalue weighted by Gasteiger charge is 2.51. The van der Waals surface area contributed by atoms with E-state index in [1.807, 2.05) is 6.07 Å². The lowest BCUT2D eigenvalue weighted by Gasteiger charge is -2.57. The highest BCUT2D eigenvalue weighted by atomic mass is 16.3. The molecule has 9 aromatic rings. The zero-order valence-corrected chi connectivity index (χ0v) is 32.7. The summed E-state index contributed by atoms with van der Waals surface area (Å²) in [7, 11) is 0. The van der Waals surface area contributed by atoms with E-state index in [-0.39, 0.29) is 0 Å². The van der Waals surface area contributed by atoms with Gasteiger partial charge in [0.1, 0.15) is 11.2 Å². The van der Waals surface area contributed by atoms with Crippen LogP contribution < -0.4 is 4.90 Å². The second-order valence-corrected chi connectivity index (χ2v) is 17.5. The first kappa shape index (κ1) is 33.7. The first-order valence-electron chi connectivity index (χ1n) is 21.2. The van der Waals surface area contributed by atoms with Gasteiger partial charge in [-0.1, -0.05) is 140 Å². The summed E-state index contributed by atoms with van der Waals surface area (Å²) in [5.74, 6) is 2.85. The van der Waals surface area contributed by atoms with Gasteiger partial charge in [0.2, 0.25) is 0 Å². The van der Waals surface area contributed by atoms with Gasteiger partial charge in [0, 0.05) is 27.7 Å². The Morgan fingerprint density at radius 1 is 0.431 bits per heavy atom. The average molecular weight is 748 g/mol. The molecule has 0 radical (unpaired) electrons. The molecule has 280 valence electrons. The van der Waals surface area contributed by atoms with Gasteiger partial charge in [-0.15, -0.1) is 0 Å². The smallest absolute Gasteiger partial charge is 0.135 e. The third-order valence-electron chi connectivity index (χ3n) is 14.0.